The Morgan fingerprint density at radius 2 is 2.04 bits per heavy atom. The van der Waals surface area contributed by atoms with Crippen LogP contribution in [-0.4, -0.2) is 34.1 Å². The highest BCUT2D eigenvalue weighted by Gasteiger charge is 2.16. The van der Waals surface area contributed by atoms with Crippen LogP contribution in [0.25, 0.3) is 32.9 Å². The molecule has 3 aromatic heterocycles. The van der Waals surface area contributed by atoms with Crippen molar-refractivity contribution >= 4 is 21.8 Å². The van der Waals surface area contributed by atoms with Crippen molar-refractivity contribution in [3.8, 4) is 16.9 Å². The van der Waals surface area contributed by atoms with Gasteiger partial charge < -0.3 is 15.0 Å². The van der Waals surface area contributed by atoms with Crippen LogP contribution < -0.4 is 10.1 Å². The first-order valence-electron chi connectivity index (χ1n) is 8.55. The van der Waals surface area contributed by atoms with Gasteiger partial charge in [0.05, 0.1) is 0 Å². The van der Waals surface area contributed by atoms with E-state index in [4.69, 9.17) is 4.74 Å². The Kier molecular flexibility index (Phi) is 3.38. The maximum atomic E-state index is 6.13. The van der Waals surface area contributed by atoms with E-state index in [0.717, 1.165) is 58.2 Å². The van der Waals surface area contributed by atoms with Gasteiger partial charge in [0.1, 0.15) is 17.5 Å². The summed E-state index contributed by atoms with van der Waals surface area (Å²) in [5, 5.41) is 6.67. The fourth-order valence-electron chi connectivity index (χ4n) is 3.45. The zero-order chi connectivity index (χ0) is 16.6. The number of hydrogen-bond donors (Lipinski definition) is 2. The van der Waals surface area contributed by atoms with Gasteiger partial charge in [-0.1, -0.05) is 0 Å². The Morgan fingerprint density at radius 3 is 2.96 bits per heavy atom. The molecule has 1 atom stereocenters. The second-order valence-electron chi connectivity index (χ2n) is 6.44. The molecule has 4 aromatic rings. The molecule has 0 spiro atoms. The number of benzene rings is 1. The Hall–Kier alpha value is -2.92. The number of pyridine rings is 2. The zero-order valence-corrected chi connectivity index (χ0v) is 13.7. The van der Waals surface area contributed by atoms with Crippen LogP contribution in [0.3, 0.4) is 0 Å². The average molecular weight is 330 g/mol. The van der Waals surface area contributed by atoms with E-state index in [1.165, 1.54) is 0 Å². The quantitative estimate of drug-likeness (QED) is 0.603. The van der Waals surface area contributed by atoms with Gasteiger partial charge in [0, 0.05) is 53.2 Å². The van der Waals surface area contributed by atoms with Crippen molar-refractivity contribution in [1.29, 1.82) is 0 Å². The van der Waals surface area contributed by atoms with Gasteiger partial charge in [-0.05, 0) is 48.7 Å². The summed E-state index contributed by atoms with van der Waals surface area (Å²) in [6, 6.07) is 10.4. The second-order valence-corrected chi connectivity index (χ2v) is 6.44. The molecular weight excluding hydrogens is 312 g/mol. The first-order valence-corrected chi connectivity index (χ1v) is 8.55. The lowest BCUT2D eigenvalue weighted by Crippen LogP contribution is -2.19. The molecule has 25 heavy (non-hydrogen) atoms. The number of ether oxygens (including phenoxy) is 1. The van der Waals surface area contributed by atoms with E-state index in [-0.39, 0.29) is 6.10 Å². The topological polar surface area (TPSA) is 62.8 Å². The van der Waals surface area contributed by atoms with E-state index >= 15 is 0 Å². The zero-order valence-electron chi connectivity index (χ0n) is 13.7. The lowest BCUT2D eigenvalue weighted by atomic mass is 10.0. The van der Waals surface area contributed by atoms with Crippen molar-refractivity contribution in [2.24, 2.45) is 0 Å². The van der Waals surface area contributed by atoms with E-state index in [1.807, 2.05) is 36.9 Å². The van der Waals surface area contributed by atoms with Crippen LogP contribution >= 0.6 is 0 Å². The molecule has 0 aliphatic carbocycles. The monoisotopic (exact) mass is 330 g/mol. The smallest absolute Gasteiger partial charge is 0.137 e. The summed E-state index contributed by atoms with van der Waals surface area (Å²) in [6.45, 7) is 1.94. The molecule has 2 N–H and O–H groups in total. The molecule has 1 aliphatic heterocycles. The van der Waals surface area contributed by atoms with Gasteiger partial charge in [-0.3, -0.25) is 4.98 Å². The van der Waals surface area contributed by atoms with Gasteiger partial charge >= 0.3 is 0 Å². The maximum Gasteiger partial charge on any atom is 0.137 e. The van der Waals surface area contributed by atoms with Crippen molar-refractivity contribution < 1.29 is 4.74 Å². The standard InChI is InChI=1S/C20H18N4O/c1-2-16(25-17-4-5-21-11-17)8-18-14(1)9-22-12-19(18)15-7-13-3-6-23-20(13)24-10-15/h1-3,6-10,12,17,21H,4-5,11H2,(H,23,24)/t17-/m0/s1. The molecule has 1 aliphatic rings. The Morgan fingerprint density at radius 1 is 1.04 bits per heavy atom. The molecule has 5 nitrogen and oxygen atoms in total. The van der Waals surface area contributed by atoms with Crippen LogP contribution in [0.1, 0.15) is 6.42 Å². The van der Waals surface area contributed by atoms with Crippen molar-refractivity contribution in [1.82, 2.24) is 20.3 Å². The average Bonchev–Trinajstić information content (AvgIpc) is 3.32. The number of rotatable bonds is 3. The summed E-state index contributed by atoms with van der Waals surface area (Å²) in [6.07, 6.45) is 8.89. The van der Waals surface area contributed by atoms with E-state index in [9.17, 15) is 0 Å². The van der Waals surface area contributed by atoms with Gasteiger partial charge in [-0.25, -0.2) is 4.98 Å². The molecule has 0 bridgehead atoms. The summed E-state index contributed by atoms with van der Waals surface area (Å²) >= 11 is 0. The summed E-state index contributed by atoms with van der Waals surface area (Å²) in [5.41, 5.74) is 3.03. The number of hydrogen-bond acceptors (Lipinski definition) is 4. The lowest BCUT2D eigenvalue weighted by molar-refractivity contribution is 0.223. The number of fused-ring (bicyclic) bond motifs is 2. The molecule has 1 saturated heterocycles. The SMILES string of the molecule is c1cc2cc(-c3cncc4ccc(O[C@H]5CCNC5)cc34)cnc2[nH]1. The minimum Gasteiger partial charge on any atom is -0.489 e. The molecule has 1 aromatic carbocycles. The number of nitrogens with zero attached hydrogens (tertiary/aromatic N) is 2. The molecule has 0 radical (unpaired) electrons. The molecule has 5 heteroatoms. The maximum absolute atomic E-state index is 6.13. The molecule has 4 heterocycles. The number of H-pyrrole nitrogens is 1. The number of aromatic amines is 1. The third kappa shape index (κ3) is 2.62. The van der Waals surface area contributed by atoms with Gasteiger partial charge in [-0.2, -0.15) is 0 Å². The van der Waals surface area contributed by atoms with Crippen LogP contribution in [0.15, 0.2) is 55.1 Å². The number of aromatic nitrogens is 3. The van der Waals surface area contributed by atoms with Gasteiger partial charge in [-0.15, -0.1) is 0 Å². The van der Waals surface area contributed by atoms with Crippen LogP contribution in [0.5, 0.6) is 5.75 Å². The molecular formula is C20H18N4O. The molecule has 5 rings (SSSR count). The van der Waals surface area contributed by atoms with E-state index in [1.54, 1.807) is 0 Å². The Balaban J connectivity index is 1.61. The van der Waals surface area contributed by atoms with Gasteiger partial charge in [0.25, 0.3) is 0 Å². The van der Waals surface area contributed by atoms with Crippen LogP contribution in [0, 0.1) is 0 Å². The van der Waals surface area contributed by atoms with Crippen LogP contribution in [0.2, 0.25) is 0 Å². The van der Waals surface area contributed by atoms with Crippen molar-refractivity contribution in [2.75, 3.05) is 13.1 Å². The second kappa shape index (κ2) is 5.86. The van der Waals surface area contributed by atoms with Gasteiger partial charge in [0.15, 0.2) is 0 Å². The molecule has 0 saturated carbocycles. The van der Waals surface area contributed by atoms with Crippen molar-refractivity contribution in [3.05, 3.63) is 55.1 Å². The fourth-order valence-corrected chi connectivity index (χ4v) is 3.45. The summed E-state index contributed by atoms with van der Waals surface area (Å²) in [5.74, 6) is 0.907. The molecule has 0 amide bonds. The highest BCUT2D eigenvalue weighted by atomic mass is 16.5. The molecule has 0 unspecified atom stereocenters. The summed E-state index contributed by atoms with van der Waals surface area (Å²) in [7, 11) is 0. The highest BCUT2D eigenvalue weighted by Crippen LogP contribution is 2.31. The predicted octanol–water partition coefficient (Wildman–Crippen LogP) is 3.52. The normalized spacial score (nSPS) is 17.4. The number of nitrogens with one attached hydrogen (secondary N) is 2. The van der Waals surface area contributed by atoms with E-state index in [2.05, 4.69) is 38.5 Å². The lowest BCUT2D eigenvalue weighted by Gasteiger charge is -2.14. The summed E-state index contributed by atoms with van der Waals surface area (Å²) in [4.78, 5) is 12.0. The summed E-state index contributed by atoms with van der Waals surface area (Å²) < 4.78 is 6.13. The first-order chi connectivity index (χ1) is 12.4. The van der Waals surface area contributed by atoms with Gasteiger partial charge in [0.2, 0.25) is 0 Å². The Labute approximate surface area is 145 Å². The van der Waals surface area contributed by atoms with Crippen molar-refractivity contribution in [2.45, 2.75) is 12.5 Å². The minimum absolute atomic E-state index is 0.251. The third-order valence-electron chi connectivity index (χ3n) is 4.76. The van der Waals surface area contributed by atoms with E-state index < -0.39 is 0 Å². The molecule has 1 fully saturated rings. The van der Waals surface area contributed by atoms with Crippen molar-refractivity contribution in [3.63, 3.8) is 0 Å². The minimum atomic E-state index is 0.251. The predicted molar refractivity (Wildman–Crippen MR) is 98.7 cm³/mol. The first kappa shape index (κ1) is 14.4. The van der Waals surface area contributed by atoms with Crippen LogP contribution in [0.4, 0.5) is 0 Å². The largest absolute Gasteiger partial charge is 0.489 e. The highest BCUT2D eigenvalue weighted by molar-refractivity contribution is 5.97. The van der Waals surface area contributed by atoms with Crippen LogP contribution in [-0.2, 0) is 0 Å². The van der Waals surface area contributed by atoms with E-state index in [0.29, 0.717) is 0 Å². The fraction of sp³-hybridized carbons (Fsp3) is 0.200. The molecule has 124 valence electrons. The third-order valence-corrected chi connectivity index (χ3v) is 4.76. The Bertz CT molecular complexity index is 1050.